The Morgan fingerprint density at radius 1 is 1.25 bits per heavy atom. The molecule has 1 N–H and O–H groups in total. The van der Waals surface area contributed by atoms with Crippen LogP contribution in [0.25, 0.3) is 26.3 Å². The number of imidazole rings is 1. The van der Waals surface area contributed by atoms with Crippen molar-refractivity contribution in [1.82, 2.24) is 24.3 Å². The van der Waals surface area contributed by atoms with Crippen LogP contribution in [0.15, 0.2) is 35.6 Å². The molecule has 1 atom stereocenters. The molecule has 5 rings (SSSR count). The van der Waals surface area contributed by atoms with Crippen LogP contribution < -0.4 is 10.9 Å². The van der Waals surface area contributed by atoms with E-state index < -0.39 is 0 Å². The van der Waals surface area contributed by atoms with Crippen LogP contribution >= 0.6 is 11.3 Å². The van der Waals surface area contributed by atoms with Gasteiger partial charge >= 0.3 is 0 Å². The molecule has 0 amide bonds. The maximum absolute atomic E-state index is 14.5. The van der Waals surface area contributed by atoms with Crippen LogP contribution in [-0.4, -0.2) is 32.0 Å². The van der Waals surface area contributed by atoms with Gasteiger partial charge in [0.2, 0.25) is 0 Å². The van der Waals surface area contributed by atoms with Crippen molar-refractivity contribution in [3.63, 3.8) is 0 Å². The highest BCUT2D eigenvalue weighted by Gasteiger charge is 2.18. The zero-order valence-corrected chi connectivity index (χ0v) is 16.3. The SMILES string of the molecule is Cc1cn2cc(-c3cc4ncn(C5CCCNCC5)c(=O)c4s3)cc(F)c2n1. The fourth-order valence-electron chi connectivity index (χ4n) is 3.92. The molecular weight excluding hydrogens is 377 g/mol. The van der Waals surface area contributed by atoms with E-state index in [1.807, 2.05) is 19.2 Å². The van der Waals surface area contributed by atoms with Gasteiger partial charge in [-0.15, -0.1) is 11.3 Å². The van der Waals surface area contributed by atoms with E-state index in [0.717, 1.165) is 48.5 Å². The number of halogens is 1. The summed E-state index contributed by atoms with van der Waals surface area (Å²) in [4.78, 5) is 22.6. The van der Waals surface area contributed by atoms with E-state index in [1.54, 1.807) is 21.5 Å². The molecule has 28 heavy (non-hydrogen) atoms. The first-order valence-corrected chi connectivity index (χ1v) is 10.3. The Labute approximate surface area is 164 Å². The third kappa shape index (κ3) is 2.93. The van der Waals surface area contributed by atoms with Crippen molar-refractivity contribution in [3.05, 3.63) is 52.7 Å². The van der Waals surface area contributed by atoms with Gasteiger partial charge in [-0.05, 0) is 51.4 Å². The van der Waals surface area contributed by atoms with E-state index >= 15 is 0 Å². The molecule has 4 aromatic heterocycles. The van der Waals surface area contributed by atoms with E-state index in [1.165, 1.54) is 17.4 Å². The minimum absolute atomic E-state index is 0.00632. The first kappa shape index (κ1) is 17.5. The zero-order valence-electron chi connectivity index (χ0n) is 15.5. The third-order valence-corrected chi connectivity index (χ3v) is 6.47. The first-order chi connectivity index (χ1) is 13.6. The van der Waals surface area contributed by atoms with Crippen molar-refractivity contribution in [1.29, 1.82) is 0 Å². The highest BCUT2D eigenvalue weighted by atomic mass is 32.1. The lowest BCUT2D eigenvalue weighted by atomic mass is 10.1. The predicted octanol–water partition coefficient (Wildman–Crippen LogP) is 3.53. The molecule has 0 radical (unpaired) electrons. The molecule has 144 valence electrons. The van der Waals surface area contributed by atoms with Crippen LogP contribution in [0, 0.1) is 12.7 Å². The van der Waals surface area contributed by atoms with E-state index in [0.29, 0.717) is 15.9 Å². The minimum Gasteiger partial charge on any atom is -0.317 e. The lowest BCUT2D eigenvalue weighted by Crippen LogP contribution is -2.25. The Bertz CT molecular complexity index is 1230. The minimum atomic E-state index is -0.376. The third-order valence-electron chi connectivity index (χ3n) is 5.31. The number of hydrogen-bond donors (Lipinski definition) is 1. The molecule has 5 heterocycles. The van der Waals surface area contributed by atoms with Crippen LogP contribution in [0.2, 0.25) is 0 Å². The summed E-state index contributed by atoms with van der Waals surface area (Å²) in [6.45, 7) is 3.74. The molecule has 0 bridgehead atoms. The highest BCUT2D eigenvalue weighted by molar-refractivity contribution is 7.22. The summed E-state index contributed by atoms with van der Waals surface area (Å²) in [6.07, 6.45) is 8.25. The molecule has 0 saturated carbocycles. The number of hydrogen-bond acceptors (Lipinski definition) is 5. The van der Waals surface area contributed by atoms with Crippen LogP contribution in [0.4, 0.5) is 4.39 Å². The van der Waals surface area contributed by atoms with Crippen molar-refractivity contribution >= 4 is 27.2 Å². The maximum atomic E-state index is 14.5. The summed E-state index contributed by atoms with van der Waals surface area (Å²) in [5.41, 5.74) is 2.44. The average molecular weight is 397 g/mol. The highest BCUT2D eigenvalue weighted by Crippen LogP contribution is 2.32. The molecular formula is C20H20FN5OS. The number of rotatable bonds is 2. The number of pyridine rings is 1. The average Bonchev–Trinajstić information content (AvgIpc) is 3.17. The van der Waals surface area contributed by atoms with E-state index in [4.69, 9.17) is 0 Å². The van der Waals surface area contributed by atoms with Gasteiger partial charge in [0.1, 0.15) is 4.70 Å². The summed E-state index contributed by atoms with van der Waals surface area (Å²) in [5.74, 6) is -0.376. The monoisotopic (exact) mass is 397 g/mol. The number of aryl methyl sites for hydroxylation is 1. The molecule has 1 saturated heterocycles. The van der Waals surface area contributed by atoms with Gasteiger partial charge in [0.05, 0.1) is 17.5 Å². The summed E-state index contributed by atoms with van der Waals surface area (Å²) in [5, 5.41) is 3.37. The Hall–Kier alpha value is -2.58. The largest absolute Gasteiger partial charge is 0.317 e. The quantitative estimate of drug-likeness (QED) is 0.562. The smallest absolute Gasteiger partial charge is 0.271 e. The molecule has 6 nitrogen and oxygen atoms in total. The molecule has 1 fully saturated rings. The number of aromatic nitrogens is 4. The van der Waals surface area contributed by atoms with Crippen molar-refractivity contribution in [2.75, 3.05) is 13.1 Å². The number of nitrogens with zero attached hydrogens (tertiary/aromatic N) is 4. The summed E-state index contributed by atoms with van der Waals surface area (Å²) in [6, 6.07) is 3.51. The molecule has 8 heteroatoms. The Balaban J connectivity index is 1.60. The Morgan fingerprint density at radius 3 is 3.04 bits per heavy atom. The van der Waals surface area contributed by atoms with E-state index in [9.17, 15) is 9.18 Å². The molecule has 1 unspecified atom stereocenters. The summed E-state index contributed by atoms with van der Waals surface area (Å²) >= 11 is 1.37. The second kappa shape index (κ2) is 6.79. The molecule has 0 aliphatic carbocycles. The van der Waals surface area contributed by atoms with Gasteiger partial charge in [0.15, 0.2) is 11.5 Å². The number of thiophene rings is 1. The topological polar surface area (TPSA) is 64.2 Å². The van der Waals surface area contributed by atoms with Crippen LogP contribution in [0.3, 0.4) is 0 Å². The predicted molar refractivity (Wildman–Crippen MR) is 109 cm³/mol. The molecule has 1 aliphatic heterocycles. The van der Waals surface area contributed by atoms with Gasteiger partial charge < -0.3 is 9.72 Å². The van der Waals surface area contributed by atoms with Crippen LogP contribution in [0.5, 0.6) is 0 Å². The van der Waals surface area contributed by atoms with E-state index in [2.05, 4.69) is 15.3 Å². The van der Waals surface area contributed by atoms with Crippen molar-refractivity contribution in [2.24, 2.45) is 0 Å². The number of nitrogens with one attached hydrogen (secondary N) is 1. The maximum Gasteiger partial charge on any atom is 0.271 e. The Kier molecular flexibility index (Phi) is 4.25. The summed E-state index contributed by atoms with van der Waals surface area (Å²) in [7, 11) is 0. The fraction of sp³-hybridized carbons (Fsp3) is 0.350. The van der Waals surface area contributed by atoms with Crippen LogP contribution in [-0.2, 0) is 0 Å². The van der Waals surface area contributed by atoms with Crippen molar-refractivity contribution in [2.45, 2.75) is 32.2 Å². The lowest BCUT2D eigenvalue weighted by Gasteiger charge is -2.16. The van der Waals surface area contributed by atoms with Crippen molar-refractivity contribution < 1.29 is 4.39 Å². The first-order valence-electron chi connectivity index (χ1n) is 9.47. The van der Waals surface area contributed by atoms with Gasteiger partial charge in [-0.2, -0.15) is 0 Å². The summed E-state index contributed by atoms with van der Waals surface area (Å²) < 4.78 is 18.5. The second-order valence-electron chi connectivity index (χ2n) is 7.31. The second-order valence-corrected chi connectivity index (χ2v) is 8.36. The van der Waals surface area contributed by atoms with Gasteiger partial charge in [-0.25, -0.2) is 14.4 Å². The zero-order chi connectivity index (χ0) is 19.3. The molecule has 0 spiro atoms. The van der Waals surface area contributed by atoms with Gasteiger partial charge in [0, 0.05) is 28.9 Å². The van der Waals surface area contributed by atoms with Gasteiger partial charge in [0.25, 0.3) is 5.56 Å². The normalized spacial score (nSPS) is 18.0. The Morgan fingerprint density at radius 2 is 2.14 bits per heavy atom. The van der Waals surface area contributed by atoms with Crippen LogP contribution in [0.1, 0.15) is 31.0 Å². The van der Waals surface area contributed by atoms with Gasteiger partial charge in [-0.3, -0.25) is 9.36 Å². The van der Waals surface area contributed by atoms with E-state index in [-0.39, 0.29) is 17.4 Å². The molecule has 0 aromatic carbocycles. The van der Waals surface area contributed by atoms with Crippen molar-refractivity contribution in [3.8, 4) is 10.4 Å². The molecule has 1 aliphatic rings. The fourth-order valence-corrected chi connectivity index (χ4v) is 4.95. The van der Waals surface area contributed by atoms with Gasteiger partial charge in [-0.1, -0.05) is 0 Å². The molecule has 4 aromatic rings. The lowest BCUT2D eigenvalue weighted by molar-refractivity contribution is 0.440. The standard InChI is InChI=1S/C20H20FN5OS/c1-12-9-25-10-13(7-15(21)19(25)24-12)17-8-16-18(28-17)20(27)26(11-23-16)14-3-2-5-22-6-4-14/h7-11,14,22H,2-6H2,1H3. The number of fused-ring (bicyclic) bond motifs is 2.